The minimum Gasteiger partial charge on any atom is -0.488 e. The van der Waals surface area contributed by atoms with Crippen LogP contribution in [0.2, 0.25) is 0 Å². The van der Waals surface area contributed by atoms with Crippen LogP contribution in [0.25, 0.3) is 0 Å². The average molecular weight is 617 g/mol. The van der Waals surface area contributed by atoms with E-state index < -0.39 is 5.97 Å². The zero-order valence-corrected chi connectivity index (χ0v) is 26.5. The van der Waals surface area contributed by atoms with Gasteiger partial charge in [0.15, 0.2) is 0 Å². The molecule has 0 spiro atoms. The van der Waals surface area contributed by atoms with Gasteiger partial charge in [0.25, 0.3) is 0 Å². The Morgan fingerprint density at radius 2 is 1.37 bits per heavy atom. The molecule has 1 saturated carbocycles. The number of benzene rings is 4. The van der Waals surface area contributed by atoms with Crippen LogP contribution in [-0.4, -0.2) is 24.5 Å². The lowest BCUT2D eigenvalue weighted by atomic mass is 9.84. The SMILES string of the molecule is O=C(OCc1ccccc1)c1ccc(N(Cc2ccc(C3CCCCC3)cc2)C(=O)C2CCCCN2)cc1OCc1ccccc1. The van der Waals surface area contributed by atoms with Gasteiger partial charge in [-0.3, -0.25) is 4.79 Å². The maximum absolute atomic E-state index is 14.1. The predicted molar refractivity (Wildman–Crippen MR) is 182 cm³/mol. The van der Waals surface area contributed by atoms with Crippen molar-refractivity contribution in [2.45, 2.75) is 83.1 Å². The normalized spacial score (nSPS) is 16.8. The van der Waals surface area contributed by atoms with Crippen LogP contribution >= 0.6 is 0 Å². The molecule has 1 N–H and O–H groups in total. The first-order chi connectivity index (χ1) is 22.6. The number of amides is 1. The molecule has 1 aliphatic heterocycles. The van der Waals surface area contributed by atoms with Crippen molar-refractivity contribution in [1.82, 2.24) is 5.32 Å². The van der Waals surface area contributed by atoms with Crippen LogP contribution in [0.5, 0.6) is 5.75 Å². The van der Waals surface area contributed by atoms with Gasteiger partial charge in [0.1, 0.15) is 24.5 Å². The fourth-order valence-electron chi connectivity index (χ4n) is 6.56. The first-order valence-corrected chi connectivity index (χ1v) is 16.8. The van der Waals surface area contributed by atoms with Gasteiger partial charge in [-0.05, 0) is 72.5 Å². The molecule has 1 amide bonds. The fraction of sp³-hybridized carbons (Fsp3) is 0.350. The summed E-state index contributed by atoms with van der Waals surface area (Å²) >= 11 is 0. The van der Waals surface area contributed by atoms with E-state index in [1.165, 1.54) is 37.7 Å². The second kappa shape index (κ2) is 15.7. The molecule has 1 atom stereocenters. The van der Waals surface area contributed by atoms with Gasteiger partial charge in [-0.2, -0.15) is 0 Å². The lowest BCUT2D eigenvalue weighted by Crippen LogP contribution is -2.48. The molecule has 238 valence electrons. The summed E-state index contributed by atoms with van der Waals surface area (Å²) in [6, 6.07) is 33.4. The van der Waals surface area contributed by atoms with Crippen molar-refractivity contribution in [3.8, 4) is 5.75 Å². The van der Waals surface area contributed by atoms with Gasteiger partial charge < -0.3 is 19.7 Å². The third kappa shape index (κ3) is 8.24. The maximum Gasteiger partial charge on any atom is 0.342 e. The number of carbonyl (C=O) groups is 2. The number of carbonyl (C=O) groups excluding carboxylic acids is 2. The van der Waals surface area contributed by atoms with Crippen LogP contribution in [0, 0.1) is 0 Å². The maximum atomic E-state index is 14.1. The van der Waals surface area contributed by atoms with Gasteiger partial charge in [0.2, 0.25) is 5.91 Å². The standard InChI is InChI=1S/C40H44N2O4/c43-39(37-18-10-11-25-41-37)42(27-30-19-21-34(22-20-30)33-16-8-3-9-17-33)35-23-24-36(40(44)46-29-32-14-6-2-7-15-32)38(26-35)45-28-31-12-4-1-5-13-31/h1-2,4-7,12-15,19-24,26,33,37,41H,3,8-11,16-18,25,27-29H2. The quantitative estimate of drug-likeness (QED) is 0.172. The molecular formula is C40H44N2O4. The number of piperidine rings is 1. The minimum absolute atomic E-state index is 0.0319. The fourth-order valence-corrected chi connectivity index (χ4v) is 6.56. The number of ether oxygens (including phenoxy) is 2. The van der Waals surface area contributed by atoms with Crippen molar-refractivity contribution in [2.75, 3.05) is 11.4 Å². The summed E-state index contributed by atoms with van der Waals surface area (Å²) in [7, 11) is 0. The van der Waals surface area contributed by atoms with Gasteiger partial charge in [-0.15, -0.1) is 0 Å². The average Bonchev–Trinajstić information content (AvgIpc) is 3.13. The Balaban J connectivity index is 1.28. The van der Waals surface area contributed by atoms with Crippen LogP contribution in [0.3, 0.4) is 0 Å². The molecule has 2 fully saturated rings. The molecule has 0 aromatic heterocycles. The van der Waals surface area contributed by atoms with Gasteiger partial charge in [0, 0.05) is 11.8 Å². The summed E-state index contributed by atoms with van der Waals surface area (Å²) in [6.07, 6.45) is 9.33. The minimum atomic E-state index is -0.469. The van der Waals surface area contributed by atoms with Gasteiger partial charge in [-0.1, -0.05) is 111 Å². The number of anilines is 1. The smallest absolute Gasteiger partial charge is 0.342 e. The van der Waals surface area contributed by atoms with E-state index in [1.807, 2.05) is 77.7 Å². The van der Waals surface area contributed by atoms with Gasteiger partial charge in [0.05, 0.1) is 12.6 Å². The second-order valence-corrected chi connectivity index (χ2v) is 12.5. The van der Waals surface area contributed by atoms with E-state index in [4.69, 9.17) is 9.47 Å². The van der Waals surface area contributed by atoms with Crippen molar-refractivity contribution in [1.29, 1.82) is 0 Å². The highest BCUT2D eigenvalue weighted by molar-refractivity contribution is 5.99. The molecule has 4 aromatic rings. The number of nitrogens with one attached hydrogen (secondary N) is 1. The molecule has 0 bridgehead atoms. The van der Waals surface area contributed by atoms with Crippen LogP contribution < -0.4 is 15.0 Å². The van der Waals surface area contributed by atoms with Crippen molar-refractivity contribution >= 4 is 17.6 Å². The molecule has 4 aromatic carbocycles. The van der Waals surface area contributed by atoms with Crippen LogP contribution in [0.1, 0.15) is 89.9 Å². The van der Waals surface area contributed by atoms with E-state index in [0.29, 0.717) is 29.5 Å². The van der Waals surface area contributed by atoms with E-state index >= 15 is 0 Å². The monoisotopic (exact) mass is 616 g/mol. The first kappa shape index (κ1) is 31.6. The molecule has 1 heterocycles. The van der Waals surface area contributed by atoms with Crippen molar-refractivity contribution in [2.24, 2.45) is 0 Å². The van der Waals surface area contributed by atoms with E-state index in [1.54, 1.807) is 6.07 Å². The molecule has 6 heteroatoms. The van der Waals surface area contributed by atoms with Crippen molar-refractivity contribution in [3.05, 3.63) is 131 Å². The van der Waals surface area contributed by atoms with Crippen LogP contribution in [0.15, 0.2) is 103 Å². The number of hydrogen-bond donors (Lipinski definition) is 1. The summed E-state index contributed by atoms with van der Waals surface area (Å²) in [6.45, 7) is 1.70. The molecule has 6 nitrogen and oxygen atoms in total. The summed E-state index contributed by atoms with van der Waals surface area (Å²) in [4.78, 5) is 29.3. The molecule has 1 unspecified atom stereocenters. The van der Waals surface area contributed by atoms with E-state index in [-0.39, 0.29) is 25.2 Å². The highest BCUT2D eigenvalue weighted by Gasteiger charge is 2.28. The van der Waals surface area contributed by atoms with Crippen LogP contribution in [0.4, 0.5) is 5.69 Å². The summed E-state index contributed by atoms with van der Waals surface area (Å²) in [5, 5.41) is 3.43. The van der Waals surface area contributed by atoms with Gasteiger partial charge >= 0.3 is 5.97 Å². The highest BCUT2D eigenvalue weighted by Crippen LogP contribution is 2.34. The third-order valence-electron chi connectivity index (χ3n) is 9.22. The van der Waals surface area contributed by atoms with Crippen molar-refractivity contribution < 1.29 is 19.1 Å². The summed E-state index contributed by atoms with van der Waals surface area (Å²) in [5.41, 5.74) is 5.37. The lowest BCUT2D eigenvalue weighted by Gasteiger charge is -2.31. The van der Waals surface area contributed by atoms with Gasteiger partial charge in [-0.25, -0.2) is 4.79 Å². The molecule has 1 saturated heterocycles. The Kier molecular flexibility index (Phi) is 10.8. The zero-order chi connectivity index (χ0) is 31.6. The Labute approximate surface area is 272 Å². The van der Waals surface area contributed by atoms with Crippen molar-refractivity contribution in [3.63, 3.8) is 0 Å². The Hall–Kier alpha value is -4.42. The molecular weight excluding hydrogens is 572 g/mol. The Bertz CT molecular complexity index is 1560. The number of nitrogens with zero attached hydrogens (tertiary/aromatic N) is 1. The molecule has 1 aliphatic carbocycles. The molecule has 2 aliphatic rings. The number of rotatable bonds is 11. The second-order valence-electron chi connectivity index (χ2n) is 12.5. The predicted octanol–water partition coefficient (Wildman–Crippen LogP) is 8.35. The van der Waals surface area contributed by atoms with E-state index in [0.717, 1.165) is 42.5 Å². The molecule has 46 heavy (non-hydrogen) atoms. The Morgan fingerprint density at radius 3 is 2.04 bits per heavy atom. The third-order valence-corrected chi connectivity index (χ3v) is 9.22. The topological polar surface area (TPSA) is 67.9 Å². The number of hydrogen-bond acceptors (Lipinski definition) is 5. The largest absolute Gasteiger partial charge is 0.488 e. The van der Waals surface area contributed by atoms with E-state index in [9.17, 15) is 9.59 Å². The highest BCUT2D eigenvalue weighted by atomic mass is 16.5. The summed E-state index contributed by atoms with van der Waals surface area (Å²) < 4.78 is 12.0. The number of esters is 1. The lowest BCUT2D eigenvalue weighted by molar-refractivity contribution is -0.121. The Morgan fingerprint density at radius 1 is 0.696 bits per heavy atom. The van der Waals surface area contributed by atoms with Crippen LogP contribution in [-0.2, 0) is 29.3 Å². The molecule has 6 rings (SSSR count). The molecule has 0 radical (unpaired) electrons. The summed E-state index contributed by atoms with van der Waals surface area (Å²) in [5.74, 6) is 0.583. The first-order valence-electron chi connectivity index (χ1n) is 16.8. The van der Waals surface area contributed by atoms with E-state index in [2.05, 4.69) is 29.6 Å². The zero-order valence-electron chi connectivity index (χ0n) is 26.5.